The molecule has 2 aliphatic rings. The van der Waals surface area contributed by atoms with Crippen LogP contribution < -0.4 is 14.7 Å². The Kier molecular flexibility index (Phi) is 27.5. The molecule has 0 saturated carbocycles. The highest BCUT2D eigenvalue weighted by molar-refractivity contribution is 8.05. The smallest absolute Gasteiger partial charge is 0.330 e. The minimum atomic E-state index is -2.47. The van der Waals surface area contributed by atoms with Crippen LogP contribution in [0.1, 0.15) is 145 Å². The van der Waals surface area contributed by atoms with Gasteiger partial charge in [0.2, 0.25) is 17.9 Å². The number of hydrogen-bond acceptors (Lipinski definition) is 9. The number of Topliss-reactive ketones (excluding diaryl/α,β-unsaturated/α-hetero) is 2. The first-order valence-electron chi connectivity index (χ1n) is 26.2. The summed E-state index contributed by atoms with van der Waals surface area (Å²) >= 11 is 23.0. The van der Waals surface area contributed by atoms with Gasteiger partial charge in [-0.15, -0.1) is 0 Å². The number of carbonyl (C=O) groups excluding carboxylic acids is 3. The first-order valence-corrected chi connectivity index (χ1v) is 30.7. The van der Waals surface area contributed by atoms with Gasteiger partial charge in [-0.1, -0.05) is 204 Å². The maximum Gasteiger partial charge on any atom is 0.330 e. The monoisotopic (exact) mass is 1160 g/mol. The van der Waals surface area contributed by atoms with E-state index in [0.29, 0.717) is 58.6 Å². The van der Waals surface area contributed by atoms with E-state index in [1.807, 2.05) is 74.6 Å². The van der Waals surface area contributed by atoms with Gasteiger partial charge in [0.25, 0.3) is 8.82 Å². The number of hydrogen-bond donors (Lipinski definition) is 2. The van der Waals surface area contributed by atoms with Crippen molar-refractivity contribution in [1.29, 1.82) is 0 Å². The predicted octanol–water partition coefficient (Wildman–Crippen LogP) is 16.1. The lowest BCUT2D eigenvalue weighted by Crippen LogP contribution is -2.46. The van der Waals surface area contributed by atoms with Crippen molar-refractivity contribution in [3.05, 3.63) is 153 Å². The van der Waals surface area contributed by atoms with Gasteiger partial charge in [0.1, 0.15) is 10.7 Å². The van der Waals surface area contributed by atoms with Gasteiger partial charge < -0.3 is 15.3 Å². The van der Waals surface area contributed by atoms with Crippen LogP contribution in [0.15, 0.2) is 114 Å². The number of carbonyl (C=O) groups is 3. The van der Waals surface area contributed by atoms with E-state index in [0.717, 1.165) is 58.7 Å². The minimum absolute atomic E-state index is 0.0617. The van der Waals surface area contributed by atoms with Gasteiger partial charge in [-0.05, 0) is 119 Å². The zero-order valence-electron chi connectivity index (χ0n) is 46.8. The second kappa shape index (κ2) is 31.6. The number of nitrogens with zero attached hydrogens (tertiary/aromatic N) is 2. The Labute approximate surface area is 478 Å². The molecule has 76 heavy (non-hydrogen) atoms. The molecule has 1 amide bonds. The van der Waals surface area contributed by atoms with Crippen molar-refractivity contribution in [2.24, 2.45) is 29.1 Å². The van der Waals surface area contributed by atoms with Crippen LogP contribution in [0, 0.1) is 33.7 Å². The molecule has 2 unspecified atom stereocenters. The second-order valence-electron chi connectivity index (χ2n) is 22.0. The number of ether oxygens (including phenoxy) is 1. The maximum atomic E-state index is 12.3. The molecule has 3 aromatic carbocycles. The lowest BCUT2D eigenvalue weighted by molar-refractivity contribution is -0.888. The molecule has 2 atom stereocenters. The summed E-state index contributed by atoms with van der Waals surface area (Å²) in [5.41, 5.74) is 9.02. The van der Waals surface area contributed by atoms with Crippen molar-refractivity contribution in [2.45, 2.75) is 143 Å². The lowest BCUT2D eigenvalue weighted by Gasteiger charge is -2.19. The number of rotatable bonds is 15. The van der Waals surface area contributed by atoms with Gasteiger partial charge in [0, 0.05) is 52.0 Å². The van der Waals surface area contributed by atoms with Crippen molar-refractivity contribution < 1.29 is 38.2 Å². The fourth-order valence-corrected chi connectivity index (χ4v) is 11.2. The second-order valence-corrected chi connectivity index (χ2v) is 28.9. The van der Waals surface area contributed by atoms with E-state index in [4.69, 9.17) is 56.4 Å². The number of epoxide rings is 1. The maximum absolute atomic E-state index is 12.3. The Morgan fingerprint density at radius 2 is 1.17 bits per heavy atom. The molecule has 10 nitrogen and oxygen atoms in total. The number of ketones is 2. The number of halogens is 3. The number of alkyl halides is 3. The molecule has 2 aliphatic heterocycles. The molecule has 0 aliphatic carbocycles. The molecule has 2 aromatic heterocycles. The van der Waals surface area contributed by atoms with Crippen LogP contribution in [0.4, 0.5) is 5.69 Å². The molecule has 0 radical (unpaired) electrons. The molecule has 5 aromatic rings. The number of thioether (sulfide) groups is 1. The minimum Gasteiger partial charge on any atom is -0.428 e. The molecule has 1 fully saturated rings. The fourth-order valence-electron chi connectivity index (χ4n) is 7.54. The van der Waals surface area contributed by atoms with Crippen molar-refractivity contribution in [3.8, 4) is 0 Å². The first-order chi connectivity index (χ1) is 35.5. The number of amides is 1. The Morgan fingerprint density at radius 3 is 1.59 bits per heavy atom. The highest BCUT2D eigenvalue weighted by atomic mass is 35.6. The van der Waals surface area contributed by atoms with Gasteiger partial charge >= 0.3 is 7.37 Å². The molecule has 7 rings (SSSR count). The summed E-state index contributed by atoms with van der Waals surface area (Å²) in [4.78, 5) is 34.4. The number of fused-ring (bicyclic) bond motifs is 1. The zero-order valence-corrected chi connectivity index (χ0v) is 51.6. The summed E-state index contributed by atoms with van der Waals surface area (Å²) in [7, 11) is -2.47. The highest BCUT2D eigenvalue weighted by Gasteiger charge is 2.37. The molecular formula is C60H82Cl3N3O7PS2+. The van der Waals surface area contributed by atoms with Crippen LogP contribution in [0.5, 0.6) is 0 Å². The first kappa shape index (κ1) is 66.3. The average Bonchev–Trinajstić information content (AvgIpc) is 4.19. The number of aromatic nitrogens is 2. The lowest BCUT2D eigenvalue weighted by atomic mass is 9.89. The van der Waals surface area contributed by atoms with Gasteiger partial charge in [-0.3, -0.25) is 18.9 Å². The van der Waals surface area contributed by atoms with E-state index in [1.54, 1.807) is 40.9 Å². The van der Waals surface area contributed by atoms with Crippen molar-refractivity contribution in [3.63, 3.8) is 0 Å². The van der Waals surface area contributed by atoms with E-state index in [1.165, 1.54) is 22.3 Å². The van der Waals surface area contributed by atoms with Crippen LogP contribution in [0.2, 0.25) is 0 Å². The van der Waals surface area contributed by atoms with Crippen LogP contribution in [-0.4, -0.2) is 55.6 Å². The standard InChI is InChI=1S/C13H21NO2PS.C13H19NO.C13H16O2.C12H13Cl3O.C9H13NOS/c1-5-17(15)10-18-12-7-6-11(8-13(2,3)4)9-14(12)16-17;1-4-13(15)14-12-7-5-11(6-8-12)9-10(2)3;1-9(2)7-10-3-5-11(6-4-10)13(14)12-8-15-12;1-8(2)7-9-3-5-10(6-4-9)11(16)12(13,14)15;1-7(2)5-8-3-4-9(12)10(11)6-8/h6-7,9H,5,8,10H2,1-4H3;5-8,10H,4,9H2,1-3H3,(H,14,15);3-6,9,12H,7-8H2,1-2H3;3-6,8H,7H2,1-2H3;3-4,6-7,11H,5H2,1-2H3/q+1;;;;. The topological polar surface area (TPSA) is 131 Å². The molecule has 16 heteroatoms. The zero-order chi connectivity index (χ0) is 57.0. The summed E-state index contributed by atoms with van der Waals surface area (Å²) in [6.45, 7) is 28.3. The van der Waals surface area contributed by atoms with Gasteiger partial charge in [0.15, 0.2) is 5.78 Å². The quantitative estimate of drug-likeness (QED) is 0.0200. The summed E-state index contributed by atoms with van der Waals surface area (Å²) in [6, 6.07) is 31.0. The summed E-state index contributed by atoms with van der Waals surface area (Å²) in [5.74, 6) is 2.18. The Morgan fingerprint density at radius 1 is 0.724 bits per heavy atom. The van der Waals surface area contributed by atoms with E-state index in [-0.39, 0.29) is 23.2 Å². The van der Waals surface area contributed by atoms with E-state index in [2.05, 4.69) is 106 Å². The van der Waals surface area contributed by atoms with E-state index < -0.39 is 16.9 Å². The van der Waals surface area contributed by atoms with Crippen molar-refractivity contribution in [2.75, 3.05) is 23.6 Å². The van der Waals surface area contributed by atoms with Crippen LogP contribution in [0.25, 0.3) is 0 Å². The summed E-state index contributed by atoms with van der Waals surface area (Å²) in [5, 5.41) is 13.1. The molecule has 2 N–H and O–H groups in total. The van der Waals surface area contributed by atoms with E-state index in [9.17, 15) is 24.2 Å². The Hall–Kier alpha value is -4.00. The summed E-state index contributed by atoms with van der Waals surface area (Å²) in [6.07, 6.45) is 9.68. The third-order valence-electron chi connectivity index (χ3n) is 11.2. The molecule has 0 bridgehead atoms. The summed E-state index contributed by atoms with van der Waals surface area (Å²) < 4.78 is 24.2. The van der Waals surface area contributed by atoms with Gasteiger partial charge in [0.05, 0.1) is 12.1 Å². The fraction of sp³-hybridized carbons (Fsp3) is 0.483. The largest absolute Gasteiger partial charge is 0.428 e. The van der Waals surface area contributed by atoms with Crippen LogP contribution in [-0.2, 0) is 46.2 Å². The van der Waals surface area contributed by atoms with Crippen molar-refractivity contribution in [1.82, 2.24) is 4.73 Å². The number of benzene rings is 3. The van der Waals surface area contributed by atoms with Crippen molar-refractivity contribution >= 4 is 89.3 Å². The average molecular weight is 1160 g/mol. The van der Waals surface area contributed by atoms with Crippen LogP contribution >= 0.6 is 66.2 Å². The third kappa shape index (κ3) is 25.6. The Balaban J connectivity index is 0.000000252. The van der Waals surface area contributed by atoms with Gasteiger partial charge in [-0.2, -0.15) is 4.73 Å². The Bertz CT molecular complexity index is 2710. The number of nitrogens with one attached hydrogen (secondary N) is 1. The SMILES string of the molecule is CC(C)Cc1ccc(=S)n(O)c1.CC(C)Cc1ccc(C(=O)C(Cl)(Cl)Cl)cc1.CC(C)Cc1ccc(C(=O)C2CO2)cc1.CCC(=O)Nc1ccc(CC(C)C)cc1.CCP1(=O)CSc2ccc(CC(C)(C)C)c[n+]2O1. The normalized spacial score (nSPS) is 15.6. The molecule has 0 spiro atoms. The third-order valence-corrected chi connectivity index (χ3v) is 16.2. The molecule has 416 valence electrons. The predicted molar refractivity (Wildman–Crippen MR) is 319 cm³/mol. The number of anilines is 1. The molecule has 4 heterocycles. The molecular weight excluding hydrogens is 1080 g/mol. The highest BCUT2D eigenvalue weighted by Crippen LogP contribution is 2.49. The van der Waals surface area contributed by atoms with E-state index >= 15 is 0 Å². The van der Waals surface area contributed by atoms with Gasteiger partial charge in [-0.25, -0.2) is 4.62 Å². The van der Waals surface area contributed by atoms with Crippen LogP contribution in [0.3, 0.4) is 0 Å². The molecule has 1 saturated heterocycles. The number of pyridine rings is 2.